The smallest absolute Gasteiger partial charge is 0.175 e. The third-order valence-electron chi connectivity index (χ3n) is 4.16. The van der Waals surface area contributed by atoms with Gasteiger partial charge in [-0.1, -0.05) is 6.07 Å². The molecule has 9 heteroatoms. The van der Waals surface area contributed by atoms with E-state index in [2.05, 4.69) is 31.6 Å². The monoisotopic (exact) mass is 446 g/mol. The van der Waals surface area contributed by atoms with Gasteiger partial charge >= 0.3 is 0 Å². The van der Waals surface area contributed by atoms with Crippen LogP contribution in [0.15, 0.2) is 47.5 Å². The zero-order valence-electron chi connectivity index (χ0n) is 15.2. The number of halogens is 1. The molecular formula is C19H19BrN4O4. The number of methoxy groups -OCH3 is 1. The van der Waals surface area contributed by atoms with Crippen LogP contribution < -0.4 is 24.4 Å². The maximum atomic E-state index is 6.03. The Balaban J connectivity index is 1.46. The first-order valence-electron chi connectivity index (χ1n) is 8.69. The van der Waals surface area contributed by atoms with Gasteiger partial charge in [-0.3, -0.25) is 0 Å². The molecule has 2 heterocycles. The number of fused-ring (bicyclic) bond motifs is 1. The molecule has 1 N–H and O–H groups in total. The summed E-state index contributed by atoms with van der Waals surface area (Å²) in [7, 11) is 1.62. The van der Waals surface area contributed by atoms with Crippen molar-refractivity contribution in [3.63, 3.8) is 0 Å². The van der Waals surface area contributed by atoms with Crippen molar-refractivity contribution < 1.29 is 18.9 Å². The summed E-state index contributed by atoms with van der Waals surface area (Å²) >= 11 is 3.58. The van der Waals surface area contributed by atoms with Crippen molar-refractivity contribution in [2.24, 2.45) is 0 Å². The highest BCUT2D eigenvalue weighted by Gasteiger charge is 2.15. The van der Waals surface area contributed by atoms with E-state index in [1.807, 2.05) is 30.3 Å². The molecule has 0 amide bonds. The van der Waals surface area contributed by atoms with Crippen molar-refractivity contribution in [2.75, 3.05) is 25.7 Å². The fraction of sp³-hybridized carbons (Fsp3) is 0.263. The summed E-state index contributed by atoms with van der Waals surface area (Å²) in [5, 5.41) is 7.52. The first kappa shape index (κ1) is 18.4. The van der Waals surface area contributed by atoms with Crippen LogP contribution in [0.3, 0.4) is 0 Å². The van der Waals surface area contributed by atoms with E-state index in [1.165, 1.54) is 0 Å². The molecule has 1 aromatic heterocycles. The predicted octanol–water partition coefficient (Wildman–Crippen LogP) is 3.14. The molecule has 8 nitrogen and oxygen atoms in total. The minimum Gasteiger partial charge on any atom is -0.493 e. The van der Waals surface area contributed by atoms with Crippen LogP contribution in [0.25, 0.3) is 0 Å². The zero-order chi connectivity index (χ0) is 19.3. The summed E-state index contributed by atoms with van der Waals surface area (Å²) in [6, 6.07) is 9.72. The summed E-state index contributed by atoms with van der Waals surface area (Å²) in [5.41, 5.74) is 5.18. The SMILES string of the molecule is COc1cc(CNn2cnnc2)cc(Br)c1OCc1ccc2c(c1)OCCO2. The van der Waals surface area contributed by atoms with Gasteiger partial charge < -0.3 is 24.4 Å². The van der Waals surface area contributed by atoms with Crippen LogP contribution in [-0.4, -0.2) is 35.2 Å². The predicted molar refractivity (Wildman–Crippen MR) is 106 cm³/mol. The number of nitrogens with zero attached hydrogens (tertiary/aromatic N) is 3. The van der Waals surface area contributed by atoms with Crippen LogP contribution >= 0.6 is 15.9 Å². The van der Waals surface area contributed by atoms with Crippen molar-refractivity contribution in [1.29, 1.82) is 0 Å². The lowest BCUT2D eigenvalue weighted by Crippen LogP contribution is -2.15. The van der Waals surface area contributed by atoms with Crippen molar-refractivity contribution in [2.45, 2.75) is 13.2 Å². The molecule has 0 aliphatic carbocycles. The van der Waals surface area contributed by atoms with E-state index in [-0.39, 0.29) is 0 Å². The lowest BCUT2D eigenvalue weighted by molar-refractivity contribution is 0.171. The van der Waals surface area contributed by atoms with Gasteiger partial charge in [0.15, 0.2) is 23.0 Å². The summed E-state index contributed by atoms with van der Waals surface area (Å²) in [6.45, 7) is 2.09. The lowest BCUT2D eigenvalue weighted by Gasteiger charge is -2.19. The van der Waals surface area contributed by atoms with Crippen molar-refractivity contribution in [3.8, 4) is 23.0 Å². The highest BCUT2D eigenvalue weighted by Crippen LogP contribution is 2.38. The van der Waals surface area contributed by atoms with Gasteiger partial charge in [0.25, 0.3) is 0 Å². The molecule has 0 unspecified atom stereocenters. The van der Waals surface area contributed by atoms with E-state index < -0.39 is 0 Å². The highest BCUT2D eigenvalue weighted by molar-refractivity contribution is 9.10. The molecule has 0 fully saturated rings. The fourth-order valence-electron chi connectivity index (χ4n) is 2.81. The molecule has 4 rings (SSSR count). The molecular weight excluding hydrogens is 428 g/mol. The average molecular weight is 447 g/mol. The molecule has 0 spiro atoms. The Hall–Kier alpha value is -2.94. The second-order valence-electron chi connectivity index (χ2n) is 6.08. The van der Waals surface area contributed by atoms with E-state index in [4.69, 9.17) is 18.9 Å². The molecule has 146 valence electrons. The molecule has 1 aliphatic rings. The molecule has 28 heavy (non-hydrogen) atoms. The number of hydrogen-bond acceptors (Lipinski definition) is 7. The number of ether oxygens (including phenoxy) is 4. The van der Waals surface area contributed by atoms with E-state index in [0.29, 0.717) is 37.9 Å². The molecule has 3 aromatic rings. The van der Waals surface area contributed by atoms with Gasteiger partial charge in [0.2, 0.25) is 0 Å². The van der Waals surface area contributed by atoms with Crippen LogP contribution in [0.4, 0.5) is 0 Å². The van der Waals surface area contributed by atoms with E-state index in [0.717, 1.165) is 27.1 Å². The van der Waals surface area contributed by atoms with Crippen LogP contribution in [0.1, 0.15) is 11.1 Å². The summed E-state index contributed by atoms with van der Waals surface area (Å²) in [5.74, 6) is 2.80. The Labute approximate surface area is 170 Å². The van der Waals surface area contributed by atoms with Gasteiger partial charge in [-0.25, -0.2) is 4.68 Å². The normalized spacial score (nSPS) is 12.5. The summed E-state index contributed by atoms with van der Waals surface area (Å²) in [6.07, 6.45) is 3.19. The van der Waals surface area contributed by atoms with E-state index in [1.54, 1.807) is 24.4 Å². The van der Waals surface area contributed by atoms with E-state index in [9.17, 15) is 0 Å². The highest BCUT2D eigenvalue weighted by atomic mass is 79.9. The first-order valence-corrected chi connectivity index (χ1v) is 9.48. The van der Waals surface area contributed by atoms with Gasteiger partial charge in [0, 0.05) is 0 Å². The zero-order valence-corrected chi connectivity index (χ0v) is 16.8. The van der Waals surface area contributed by atoms with Crippen LogP contribution in [0.5, 0.6) is 23.0 Å². The third-order valence-corrected chi connectivity index (χ3v) is 4.75. The quantitative estimate of drug-likeness (QED) is 0.596. The number of benzene rings is 2. The van der Waals surface area contributed by atoms with Crippen molar-refractivity contribution >= 4 is 15.9 Å². The molecule has 1 aliphatic heterocycles. The topological polar surface area (TPSA) is 79.7 Å². The molecule has 2 aromatic carbocycles. The number of aromatic nitrogens is 3. The fourth-order valence-corrected chi connectivity index (χ4v) is 3.42. The van der Waals surface area contributed by atoms with Gasteiger partial charge in [-0.2, -0.15) is 0 Å². The Morgan fingerprint density at radius 1 is 1.07 bits per heavy atom. The van der Waals surface area contributed by atoms with Crippen molar-refractivity contribution in [3.05, 3.63) is 58.6 Å². The van der Waals surface area contributed by atoms with Crippen LogP contribution in [0, 0.1) is 0 Å². The lowest BCUT2D eigenvalue weighted by atomic mass is 10.2. The second-order valence-corrected chi connectivity index (χ2v) is 6.93. The molecule has 0 bridgehead atoms. The van der Waals surface area contributed by atoms with E-state index >= 15 is 0 Å². The number of hydrogen-bond donors (Lipinski definition) is 1. The second kappa shape index (κ2) is 8.39. The Morgan fingerprint density at radius 2 is 1.86 bits per heavy atom. The maximum Gasteiger partial charge on any atom is 0.175 e. The Bertz CT molecular complexity index is 949. The Kier molecular flexibility index (Phi) is 5.52. The van der Waals surface area contributed by atoms with Gasteiger partial charge in [-0.05, 0) is 51.3 Å². The number of rotatable bonds is 7. The standard InChI is InChI=1S/C19H19BrN4O4/c1-25-18-8-14(9-23-24-11-21-22-12-24)6-15(20)19(18)28-10-13-2-3-16-17(7-13)27-5-4-26-16/h2-3,6-8,11-12,23H,4-5,9-10H2,1H3. The largest absolute Gasteiger partial charge is 0.493 e. The average Bonchev–Trinajstić information content (AvgIpc) is 3.24. The molecule has 0 atom stereocenters. The van der Waals surface area contributed by atoms with Gasteiger partial charge in [0.05, 0.1) is 18.1 Å². The minimum atomic E-state index is 0.379. The van der Waals surface area contributed by atoms with Crippen molar-refractivity contribution in [1.82, 2.24) is 14.9 Å². The van der Waals surface area contributed by atoms with Crippen LogP contribution in [0.2, 0.25) is 0 Å². The third kappa shape index (κ3) is 4.14. The molecule has 0 saturated carbocycles. The maximum absolute atomic E-state index is 6.03. The molecule has 0 saturated heterocycles. The molecule has 0 radical (unpaired) electrons. The summed E-state index contributed by atoms with van der Waals surface area (Å²) in [4.78, 5) is 0. The van der Waals surface area contributed by atoms with Gasteiger partial charge in [-0.15, -0.1) is 10.2 Å². The minimum absolute atomic E-state index is 0.379. The first-order chi connectivity index (χ1) is 13.7. The summed E-state index contributed by atoms with van der Waals surface area (Å²) < 4.78 is 25.2. The Morgan fingerprint density at radius 3 is 2.64 bits per heavy atom. The van der Waals surface area contributed by atoms with Crippen LogP contribution in [-0.2, 0) is 13.2 Å². The number of nitrogens with one attached hydrogen (secondary N) is 1. The van der Waals surface area contributed by atoms with Gasteiger partial charge in [0.1, 0.15) is 32.5 Å².